The van der Waals surface area contributed by atoms with E-state index < -0.39 is 0 Å². The number of nitrogens with two attached hydrogens (primary N) is 1. The number of amides is 1. The molecule has 0 aromatic carbocycles. The number of pyridine rings is 1. The van der Waals surface area contributed by atoms with E-state index in [0.29, 0.717) is 24.5 Å². The lowest BCUT2D eigenvalue weighted by Crippen LogP contribution is -2.31. The van der Waals surface area contributed by atoms with Crippen LogP contribution >= 0.6 is 27.3 Å². The molecule has 0 fully saturated rings. The van der Waals surface area contributed by atoms with E-state index in [2.05, 4.69) is 26.3 Å². The SMILES string of the molecule is CCN(Cc1cccs1)C(=O)c1cc(Br)cnc1NN. The Kier molecular flexibility index (Phi) is 5.11. The minimum Gasteiger partial charge on any atom is -0.334 e. The van der Waals surface area contributed by atoms with Gasteiger partial charge in [-0.15, -0.1) is 11.3 Å². The summed E-state index contributed by atoms with van der Waals surface area (Å²) < 4.78 is 0.743. The third-order valence-electron chi connectivity index (χ3n) is 2.82. The summed E-state index contributed by atoms with van der Waals surface area (Å²) in [6.45, 7) is 3.16. The fraction of sp³-hybridized carbons (Fsp3) is 0.231. The van der Waals surface area contributed by atoms with E-state index in [4.69, 9.17) is 5.84 Å². The van der Waals surface area contributed by atoms with Gasteiger partial charge in [0.05, 0.1) is 12.1 Å². The van der Waals surface area contributed by atoms with Gasteiger partial charge in [0.2, 0.25) is 0 Å². The summed E-state index contributed by atoms with van der Waals surface area (Å²) in [7, 11) is 0. The molecule has 1 amide bonds. The van der Waals surface area contributed by atoms with Crippen LogP contribution in [0.15, 0.2) is 34.2 Å². The second kappa shape index (κ2) is 6.83. The van der Waals surface area contributed by atoms with Crippen LogP contribution in [0.2, 0.25) is 0 Å². The molecule has 3 N–H and O–H groups in total. The number of rotatable bonds is 5. The molecule has 2 rings (SSSR count). The van der Waals surface area contributed by atoms with E-state index in [1.165, 1.54) is 0 Å². The summed E-state index contributed by atoms with van der Waals surface area (Å²) in [5, 5.41) is 2.00. The van der Waals surface area contributed by atoms with Gasteiger partial charge in [-0.05, 0) is 40.4 Å². The Bertz CT molecular complexity index is 588. The summed E-state index contributed by atoms with van der Waals surface area (Å²) in [6.07, 6.45) is 1.60. The van der Waals surface area contributed by atoms with E-state index in [-0.39, 0.29) is 5.91 Å². The van der Waals surface area contributed by atoms with Crippen molar-refractivity contribution in [1.82, 2.24) is 9.88 Å². The normalized spacial score (nSPS) is 10.3. The number of hydrogen-bond acceptors (Lipinski definition) is 5. The highest BCUT2D eigenvalue weighted by molar-refractivity contribution is 9.10. The number of halogens is 1. The lowest BCUT2D eigenvalue weighted by molar-refractivity contribution is 0.0754. The molecule has 0 radical (unpaired) electrons. The molecule has 0 aliphatic carbocycles. The summed E-state index contributed by atoms with van der Waals surface area (Å²) >= 11 is 4.96. The molecule has 106 valence electrons. The molecule has 0 saturated carbocycles. The van der Waals surface area contributed by atoms with Gasteiger partial charge in [0.25, 0.3) is 5.91 Å². The molecule has 7 heteroatoms. The van der Waals surface area contributed by atoms with E-state index in [0.717, 1.165) is 9.35 Å². The van der Waals surface area contributed by atoms with Gasteiger partial charge in [-0.25, -0.2) is 10.8 Å². The number of thiophene rings is 1. The minimum atomic E-state index is -0.0948. The second-order valence-electron chi connectivity index (χ2n) is 4.09. The first-order valence-electron chi connectivity index (χ1n) is 6.09. The third kappa shape index (κ3) is 3.36. The van der Waals surface area contributed by atoms with Crippen LogP contribution in [0.25, 0.3) is 0 Å². The first-order valence-corrected chi connectivity index (χ1v) is 7.76. The van der Waals surface area contributed by atoms with Crippen LogP contribution in [0.1, 0.15) is 22.2 Å². The van der Waals surface area contributed by atoms with Gasteiger partial charge in [0, 0.05) is 22.1 Å². The van der Waals surface area contributed by atoms with Gasteiger partial charge >= 0.3 is 0 Å². The maximum Gasteiger partial charge on any atom is 0.258 e. The molecule has 0 aliphatic rings. The Morgan fingerprint density at radius 1 is 1.60 bits per heavy atom. The van der Waals surface area contributed by atoms with Gasteiger partial charge in [-0.3, -0.25) is 4.79 Å². The van der Waals surface area contributed by atoms with Crippen LogP contribution < -0.4 is 11.3 Å². The van der Waals surface area contributed by atoms with Crippen LogP contribution in [0.4, 0.5) is 5.82 Å². The van der Waals surface area contributed by atoms with E-state index in [1.807, 2.05) is 24.4 Å². The number of anilines is 1. The van der Waals surface area contributed by atoms with Gasteiger partial charge in [-0.1, -0.05) is 6.07 Å². The highest BCUT2D eigenvalue weighted by atomic mass is 79.9. The Morgan fingerprint density at radius 2 is 2.40 bits per heavy atom. The average molecular weight is 355 g/mol. The molecule has 0 aliphatic heterocycles. The van der Waals surface area contributed by atoms with Crippen LogP contribution in [-0.4, -0.2) is 22.3 Å². The Balaban J connectivity index is 2.26. The van der Waals surface area contributed by atoms with Gasteiger partial charge < -0.3 is 10.3 Å². The van der Waals surface area contributed by atoms with Crippen molar-refractivity contribution < 1.29 is 4.79 Å². The standard InChI is InChI=1S/C13H15BrN4OS/c1-2-18(8-10-4-3-5-20-10)13(19)11-6-9(14)7-16-12(11)17-15/h3-7H,2,8,15H2,1H3,(H,16,17). The zero-order valence-electron chi connectivity index (χ0n) is 11.0. The van der Waals surface area contributed by atoms with Gasteiger partial charge in [-0.2, -0.15) is 0 Å². The first-order chi connectivity index (χ1) is 9.65. The number of carbonyl (C=O) groups excluding carboxylic acids is 1. The van der Waals surface area contributed by atoms with Crippen molar-refractivity contribution >= 4 is 39.0 Å². The fourth-order valence-electron chi connectivity index (χ4n) is 1.81. The number of nitrogens with zero attached hydrogens (tertiary/aromatic N) is 2. The van der Waals surface area contributed by atoms with Crippen molar-refractivity contribution in [2.45, 2.75) is 13.5 Å². The van der Waals surface area contributed by atoms with E-state index in [1.54, 1.807) is 28.5 Å². The predicted molar refractivity (Wildman–Crippen MR) is 84.5 cm³/mol. The Labute approximate surface area is 129 Å². The highest BCUT2D eigenvalue weighted by Gasteiger charge is 2.19. The van der Waals surface area contributed by atoms with Crippen molar-refractivity contribution in [1.29, 1.82) is 0 Å². The average Bonchev–Trinajstić information content (AvgIpc) is 2.97. The van der Waals surface area contributed by atoms with Crippen molar-refractivity contribution in [3.8, 4) is 0 Å². The predicted octanol–water partition coefficient (Wildman–Crippen LogP) is 2.85. The van der Waals surface area contributed by atoms with Crippen LogP contribution in [-0.2, 0) is 6.54 Å². The second-order valence-corrected chi connectivity index (χ2v) is 6.04. The molecule has 0 atom stereocenters. The topological polar surface area (TPSA) is 71.2 Å². The van der Waals surface area contributed by atoms with Crippen molar-refractivity contribution in [3.05, 3.63) is 44.7 Å². The molecule has 20 heavy (non-hydrogen) atoms. The maximum absolute atomic E-state index is 12.6. The molecule has 2 aromatic heterocycles. The summed E-state index contributed by atoms with van der Waals surface area (Å²) in [5.41, 5.74) is 2.92. The van der Waals surface area contributed by atoms with Crippen molar-refractivity contribution in [2.24, 2.45) is 5.84 Å². The first kappa shape index (κ1) is 15.0. The summed E-state index contributed by atoms with van der Waals surface area (Å²) in [4.78, 5) is 19.6. The van der Waals surface area contributed by atoms with Crippen LogP contribution in [0.5, 0.6) is 0 Å². The number of hydrazine groups is 1. The van der Waals surface area contributed by atoms with E-state index in [9.17, 15) is 4.79 Å². The van der Waals surface area contributed by atoms with Crippen molar-refractivity contribution in [2.75, 3.05) is 12.0 Å². The van der Waals surface area contributed by atoms with Crippen LogP contribution in [0, 0.1) is 0 Å². The minimum absolute atomic E-state index is 0.0948. The van der Waals surface area contributed by atoms with Crippen molar-refractivity contribution in [3.63, 3.8) is 0 Å². The molecule has 0 bridgehead atoms. The zero-order valence-corrected chi connectivity index (χ0v) is 13.4. The number of aromatic nitrogens is 1. The maximum atomic E-state index is 12.6. The molecule has 0 unspecified atom stereocenters. The van der Waals surface area contributed by atoms with Gasteiger partial charge in [0.1, 0.15) is 0 Å². The lowest BCUT2D eigenvalue weighted by Gasteiger charge is -2.21. The van der Waals surface area contributed by atoms with E-state index >= 15 is 0 Å². The van der Waals surface area contributed by atoms with Gasteiger partial charge in [0.15, 0.2) is 5.82 Å². The summed E-state index contributed by atoms with van der Waals surface area (Å²) in [5.74, 6) is 5.70. The Hall–Kier alpha value is -1.44. The smallest absolute Gasteiger partial charge is 0.258 e. The number of nitrogens with one attached hydrogen (secondary N) is 1. The molecule has 0 saturated heterocycles. The van der Waals surface area contributed by atoms with Crippen LogP contribution in [0.3, 0.4) is 0 Å². The highest BCUT2D eigenvalue weighted by Crippen LogP contribution is 2.21. The fourth-order valence-corrected chi connectivity index (χ4v) is 2.86. The zero-order chi connectivity index (χ0) is 14.5. The third-order valence-corrected chi connectivity index (χ3v) is 4.11. The Morgan fingerprint density at radius 3 is 3.00 bits per heavy atom. The monoisotopic (exact) mass is 354 g/mol. The number of nitrogen functional groups attached to an aromatic ring is 1. The number of carbonyl (C=O) groups is 1. The quantitative estimate of drug-likeness (QED) is 0.639. The lowest BCUT2D eigenvalue weighted by atomic mass is 10.2. The molecular weight excluding hydrogens is 340 g/mol. The molecule has 2 heterocycles. The number of hydrogen-bond donors (Lipinski definition) is 2. The molecular formula is C13H15BrN4OS. The molecule has 5 nitrogen and oxygen atoms in total. The molecule has 0 spiro atoms. The molecule has 2 aromatic rings. The largest absolute Gasteiger partial charge is 0.334 e. The summed E-state index contributed by atoms with van der Waals surface area (Å²) in [6, 6.07) is 5.72.